The Kier molecular flexibility index (Phi) is 3.81. The van der Waals surface area contributed by atoms with Crippen LogP contribution in [0.2, 0.25) is 5.02 Å². The van der Waals surface area contributed by atoms with Crippen molar-refractivity contribution in [1.82, 2.24) is 4.98 Å². The van der Waals surface area contributed by atoms with Crippen molar-refractivity contribution in [2.45, 2.75) is 0 Å². The molecule has 4 nitrogen and oxygen atoms in total. The molecule has 24 heavy (non-hydrogen) atoms. The average molecular weight is 333 g/mol. The molecule has 4 rings (SSSR count). The van der Waals surface area contributed by atoms with Crippen molar-refractivity contribution in [3.63, 3.8) is 0 Å². The van der Waals surface area contributed by atoms with Crippen LogP contribution in [0.4, 0.5) is 0 Å². The predicted octanol–water partition coefficient (Wildman–Crippen LogP) is 4.44. The molecule has 0 saturated heterocycles. The Morgan fingerprint density at radius 1 is 0.833 bits per heavy atom. The summed E-state index contributed by atoms with van der Waals surface area (Å²) in [4.78, 5) is 16.4. The molecule has 3 aliphatic heterocycles. The fraction of sp³-hybridized carbons (Fsp3) is 0. The Bertz CT molecular complexity index is 945. The lowest BCUT2D eigenvalue weighted by Gasteiger charge is -1.92. The lowest BCUT2D eigenvalue weighted by atomic mass is 10.2. The number of rotatable bonds is 3. The quantitative estimate of drug-likeness (QED) is 0.851. The van der Waals surface area contributed by atoms with Crippen LogP contribution < -0.4 is 0 Å². The molecule has 0 aromatic carbocycles. The van der Waals surface area contributed by atoms with E-state index in [-0.39, 0.29) is 0 Å². The third-order valence-corrected chi connectivity index (χ3v) is 3.73. The molecular formula is C19H13ClN4. The SMILES string of the molecule is Clc1c[nH]c(C=C2C=CC(C=C3C=CC(C=C4C=CC=N4)=N3)=N2)c1. The highest BCUT2D eigenvalue weighted by molar-refractivity contribution is 6.30. The number of hydrogen-bond donors (Lipinski definition) is 1. The molecule has 0 unspecified atom stereocenters. The lowest BCUT2D eigenvalue weighted by molar-refractivity contribution is 1.36. The molecule has 1 aromatic heterocycles. The maximum atomic E-state index is 5.90. The summed E-state index contributed by atoms with van der Waals surface area (Å²) in [6, 6.07) is 1.86. The third-order valence-electron chi connectivity index (χ3n) is 3.51. The Labute approximate surface area is 144 Å². The summed E-state index contributed by atoms with van der Waals surface area (Å²) >= 11 is 5.90. The van der Waals surface area contributed by atoms with E-state index in [9.17, 15) is 0 Å². The summed E-state index contributed by atoms with van der Waals surface area (Å²) in [6.45, 7) is 0. The Hall–Kier alpha value is -2.98. The molecule has 4 heterocycles. The Morgan fingerprint density at radius 3 is 2.17 bits per heavy atom. The fourth-order valence-corrected chi connectivity index (χ4v) is 2.61. The largest absolute Gasteiger partial charge is 0.360 e. The highest BCUT2D eigenvalue weighted by Gasteiger charge is 2.07. The second kappa shape index (κ2) is 6.26. The second-order valence-corrected chi connectivity index (χ2v) is 5.79. The highest BCUT2D eigenvalue weighted by atomic mass is 35.5. The minimum atomic E-state index is 0.684. The van der Waals surface area contributed by atoms with Crippen LogP contribution in [0.25, 0.3) is 6.08 Å². The fourth-order valence-electron chi connectivity index (χ4n) is 2.44. The van der Waals surface area contributed by atoms with Gasteiger partial charge in [0.25, 0.3) is 0 Å². The maximum absolute atomic E-state index is 5.90. The predicted molar refractivity (Wildman–Crippen MR) is 101 cm³/mol. The first-order valence-electron chi connectivity index (χ1n) is 7.48. The number of halogens is 1. The Balaban J connectivity index is 1.51. The molecule has 1 N–H and O–H groups in total. The van der Waals surface area contributed by atoms with Crippen molar-refractivity contribution in [2.75, 3.05) is 0 Å². The van der Waals surface area contributed by atoms with Gasteiger partial charge in [0.15, 0.2) is 0 Å². The molecule has 0 amide bonds. The topological polar surface area (TPSA) is 52.9 Å². The number of nitrogens with zero attached hydrogens (tertiary/aromatic N) is 3. The van der Waals surface area contributed by atoms with Crippen LogP contribution >= 0.6 is 11.6 Å². The zero-order chi connectivity index (χ0) is 16.4. The summed E-state index contributed by atoms with van der Waals surface area (Å²) in [5.74, 6) is 0. The van der Waals surface area contributed by atoms with Gasteiger partial charge in [0, 0.05) is 18.1 Å². The van der Waals surface area contributed by atoms with Gasteiger partial charge < -0.3 is 4.98 Å². The van der Waals surface area contributed by atoms with Gasteiger partial charge in [-0.15, -0.1) is 0 Å². The number of hydrogen-bond acceptors (Lipinski definition) is 3. The van der Waals surface area contributed by atoms with Crippen molar-refractivity contribution < 1.29 is 0 Å². The van der Waals surface area contributed by atoms with Crippen LogP contribution in [-0.2, 0) is 0 Å². The van der Waals surface area contributed by atoms with E-state index in [1.807, 2.05) is 60.8 Å². The van der Waals surface area contributed by atoms with Crippen LogP contribution in [0, 0.1) is 0 Å². The van der Waals surface area contributed by atoms with Gasteiger partial charge in [-0.1, -0.05) is 11.6 Å². The number of aromatic nitrogens is 1. The number of H-pyrrole nitrogens is 1. The monoisotopic (exact) mass is 332 g/mol. The van der Waals surface area contributed by atoms with Crippen LogP contribution in [0.3, 0.4) is 0 Å². The number of nitrogens with one attached hydrogen (secondary N) is 1. The van der Waals surface area contributed by atoms with E-state index in [2.05, 4.69) is 20.0 Å². The maximum Gasteiger partial charge on any atom is 0.0659 e. The minimum Gasteiger partial charge on any atom is -0.360 e. The van der Waals surface area contributed by atoms with Gasteiger partial charge in [-0.05, 0) is 60.8 Å². The van der Waals surface area contributed by atoms with E-state index in [4.69, 9.17) is 11.6 Å². The first-order valence-corrected chi connectivity index (χ1v) is 7.86. The van der Waals surface area contributed by atoms with Crippen molar-refractivity contribution >= 4 is 35.3 Å². The summed E-state index contributed by atoms with van der Waals surface area (Å²) in [5, 5.41) is 0.684. The molecule has 3 aliphatic rings. The van der Waals surface area contributed by atoms with Gasteiger partial charge in [0.1, 0.15) is 0 Å². The average Bonchev–Trinajstić information content (AvgIpc) is 3.32. The van der Waals surface area contributed by atoms with Gasteiger partial charge in [0.2, 0.25) is 0 Å². The summed E-state index contributed by atoms with van der Waals surface area (Å²) in [7, 11) is 0. The number of aromatic amines is 1. The van der Waals surface area contributed by atoms with Crippen LogP contribution in [0.5, 0.6) is 0 Å². The molecule has 0 aliphatic carbocycles. The highest BCUT2D eigenvalue weighted by Crippen LogP contribution is 2.19. The zero-order valence-corrected chi connectivity index (χ0v) is 13.4. The number of aliphatic imine (C=N–C) groups is 3. The summed E-state index contributed by atoms with van der Waals surface area (Å²) in [6.07, 6.45) is 21.1. The third kappa shape index (κ3) is 3.34. The molecule has 0 bridgehead atoms. The molecule has 0 fully saturated rings. The van der Waals surface area contributed by atoms with Gasteiger partial charge in [-0.25, -0.2) is 9.98 Å². The smallest absolute Gasteiger partial charge is 0.0659 e. The van der Waals surface area contributed by atoms with Gasteiger partial charge in [-0.3, -0.25) is 4.99 Å². The molecule has 0 spiro atoms. The van der Waals surface area contributed by atoms with E-state index in [1.54, 1.807) is 12.4 Å². The molecule has 116 valence electrons. The van der Waals surface area contributed by atoms with Crippen molar-refractivity contribution in [3.05, 3.63) is 88.7 Å². The standard InChI is InChI=1S/C19H13ClN4/c20-13-8-19(22-12-13)11-18-6-5-17(24-18)10-16-4-3-15(23-16)9-14-2-1-7-21-14/h1-12,22H. The number of allylic oxidation sites excluding steroid dienone is 8. The molecule has 1 aromatic rings. The normalized spacial score (nSPS) is 23.3. The minimum absolute atomic E-state index is 0.684. The van der Waals surface area contributed by atoms with Crippen molar-refractivity contribution in [1.29, 1.82) is 0 Å². The molecule has 0 radical (unpaired) electrons. The van der Waals surface area contributed by atoms with Crippen molar-refractivity contribution in [3.8, 4) is 0 Å². The van der Waals surface area contributed by atoms with Crippen LogP contribution in [0.1, 0.15) is 5.69 Å². The molecule has 0 saturated carbocycles. The van der Waals surface area contributed by atoms with E-state index < -0.39 is 0 Å². The van der Waals surface area contributed by atoms with Gasteiger partial charge >= 0.3 is 0 Å². The first kappa shape index (κ1) is 14.6. The van der Waals surface area contributed by atoms with Crippen LogP contribution in [0.15, 0.2) is 92.9 Å². The van der Waals surface area contributed by atoms with Gasteiger partial charge in [-0.2, -0.15) is 0 Å². The Morgan fingerprint density at radius 2 is 1.54 bits per heavy atom. The summed E-state index contributed by atoms with van der Waals surface area (Å²) in [5.41, 5.74) is 5.34. The molecular weight excluding hydrogens is 320 g/mol. The molecule has 0 atom stereocenters. The van der Waals surface area contributed by atoms with E-state index >= 15 is 0 Å². The lowest BCUT2D eigenvalue weighted by Crippen LogP contribution is -1.86. The van der Waals surface area contributed by atoms with Crippen LogP contribution in [-0.4, -0.2) is 22.6 Å². The van der Waals surface area contributed by atoms with Gasteiger partial charge in [0.05, 0.1) is 33.5 Å². The van der Waals surface area contributed by atoms with E-state index in [1.165, 1.54) is 0 Å². The second-order valence-electron chi connectivity index (χ2n) is 5.36. The van der Waals surface area contributed by atoms with Crippen molar-refractivity contribution in [2.24, 2.45) is 15.0 Å². The van der Waals surface area contributed by atoms with E-state index in [0.29, 0.717) is 5.02 Å². The first-order chi connectivity index (χ1) is 11.7. The molecule has 5 heteroatoms. The zero-order valence-electron chi connectivity index (χ0n) is 12.6. The van der Waals surface area contributed by atoms with E-state index in [0.717, 1.165) is 34.2 Å². The summed E-state index contributed by atoms with van der Waals surface area (Å²) < 4.78 is 0.